The molecule has 0 amide bonds. The summed E-state index contributed by atoms with van der Waals surface area (Å²) < 4.78 is 2.66. The molecule has 0 spiro atoms. The van der Waals surface area contributed by atoms with Crippen molar-refractivity contribution in [1.29, 1.82) is 0 Å². The van der Waals surface area contributed by atoms with E-state index in [0.717, 1.165) is 5.69 Å². The molecule has 1 N–H and O–H groups in total. The van der Waals surface area contributed by atoms with Gasteiger partial charge in [0.1, 0.15) is 0 Å². The summed E-state index contributed by atoms with van der Waals surface area (Å²) in [6.07, 6.45) is 0. The number of thiophene rings is 1. The van der Waals surface area contributed by atoms with Crippen molar-refractivity contribution >= 4 is 53.7 Å². The minimum atomic E-state index is 0.0913. The molecule has 0 saturated heterocycles. The highest BCUT2D eigenvalue weighted by Crippen LogP contribution is 2.44. The van der Waals surface area contributed by atoms with Gasteiger partial charge in [0, 0.05) is 21.2 Å². The van der Waals surface area contributed by atoms with Crippen molar-refractivity contribution in [3.63, 3.8) is 0 Å². The number of hydrogen-bond acceptors (Lipinski definition) is 2. The maximum Gasteiger partial charge on any atom is 0.0596 e. The lowest BCUT2D eigenvalue weighted by Gasteiger charge is -2.26. The lowest BCUT2D eigenvalue weighted by atomic mass is 9.80. The molecule has 0 aliphatic carbocycles. The average Bonchev–Trinajstić information content (AvgIpc) is 3.13. The molecule has 0 atom stereocenters. The fraction of sp³-hybridized carbons (Fsp3) is 0.267. The highest BCUT2D eigenvalue weighted by molar-refractivity contribution is 7.26. The first kappa shape index (κ1) is 21.0. The van der Waals surface area contributed by atoms with E-state index in [9.17, 15) is 0 Å². The second kappa shape index (κ2) is 7.35. The number of hydrogen-bond donors (Lipinski definition) is 1. The molecule has 5 rings (SSSR count). The van der Waals surface area contributed by atoms with Crippen molar-refractivity contribution in [2.24, 2.45) is 0 Å². The summed E-state index contributed by atoms with van der Waals surface area (Å²) in [6.45, 7) is 13.7. The molecule has 5 aromatic rings. The van der Waals surface area contributed by atoms with Crippen molar-refractivity contribution in [3.8, 4) is 0 Å². The topological polar surface area (TPSA) is 12.0 Å². The van der Waals surface area contributed by atoms with Gasteiger partial charge in [-0.15, -0.1) is 11.3 Å². The van der Waals surface area contributed by atoms with Gasteiger partial charge in [-0.05, 0) is 57.0 Å². The van der Waals surface area contributed by atoms with Crippen molar-refractivity contribution < 1.29 is 0 Å². The van der Waals surface area contributed by atoms with Crippen LogP contribution in [0.3, 0.4) is 0 Å². The molecule has 2 heteroatoms. The molecule has 162 valence electrons. The van der Waals surface area contributed by atoms with Crippen molar-refractivity contribution in [2.75, 3.05) is 5.32 Å². The summed E-state index contributed by atoms with van der Waals surface area (Å²) in [5.41, 5.74) is 5.26. The van der Waals surface area contributed by atoms with Gasteiger partial charge in [-0.25, -0.2) is 0 Å². The van der Waals surface area contributed by atoms with E-state index in [1.165, 1.54) is 47.8 Å². The Balaban J connectivity index is 1.76. The Morgan fingerprint density at radius 1 is 0.656 bits per heavy atom. The van der Waals surface area contributed by atoms with Crippen LogP contribution < -0.4 is 5.32 Å². The van der Waals surface area contributed by atoms with E-state index in [4.69, 9.17) is 0 Å². The zero-order valence-electron chi connectivity index (χ0n) is 19.8. The summed E-state index contributed by atoms with van der Waals surface area (Å²) in [5, 5.41) is 9.13. The summed E-state index contributed by atoms with van der Waals surface area (Å²) >= 11 is 1.88. The van der Waals surface area contributed by atoms with Gasteiger partial charge in [0.15, 0.2) is 0 Å². The lowest BCUT2D eigenvalue weighted by Crippen LogP contribution is -2.16. The van der Waals surface area contributed by atoms with Crippen LogP contribution in [-0.4, -0.2) is 0 Å². The van der Waals surface area contributed by atoms with Crippen LogP contribution in [0.1, 0.15) is 52.7 Å². The Hall–Kier alpha value is -2.84. The van der Waals surface area contributed by atoms with E-state index < -0.39 is 0 Å². The van der Waals surface area contributed by atoms with E-state index in [-0.39, 0.29) is 10.8 Å². The van der Waals surface area contributed by atoms with Crippen LogP contribution in [0.25, 0.3) is 30.9 Å². The molecule has 1 nitrogen and oxygen atoms in total. The molecular formula is C30H31NS. The molecule has 0 radical (unpaired) electrons. The van der Waals surface area contributed by atoms with Crippen LogP contribution in [0.4, 0.5) is 11.4 Å². The summed E-state index contributed by atoms with van der Waals surface area (Å²) in [5.74, 6) is 0. The molecule has 1 heterocycles. The zero-order valence-corrected chi connectivity index (χ0v) is 20.7. The number of benzene rings is 4. The van der Waals surface area contributed by atoms with E-state index in [1.807, 2.05) is 11.3 Å². The first-order chi connectivity index (χ1) is 15.1. The Morgan fingerprint density at radius 2 is 1.25 bits per heavy atom. The van der Waals surface area contributed by atoms with Gasteiger partial charge in [0.25, 0.3) is 0 Å². The quantitative estimate of drug-likeness (QED) is 0.290. The Morgan fingerprint density at radius 3 is 1.91 bits per heavy atom. The van der Waals surface area contributed by atoms with Crippen LogP contribution in [0, 0.1) is 0 Å². The van der Waals surface area contributed by atoms with Crippen LogP contribution in [0.2, 0.25) is 0 Å². The fourth-order valence-corrected chi connectivity index (χ4v) is 5.58. The smallest absolute Gasteiger partial charge is 0.0596 e. The SMILES string of the molecule is CC(C)(C)c1cc(Nc2cc3ccccc3c3c2sc2ccccc23)cc(C(C)(C)C)c1. The largest absolute Gasteiger partial charge is 0.354 e. The number of anilines is 2. The minimum Gasteiger partial charge on any atom is -0.354 e. The third-order valence-electron chi connectivity index (χ3n) is 6.31. The standard InChI is InChI=1S/C30H31NS/c1-29(2,3)20-16-21(30(4,5)6)18-22(17-20)31-25-15-19-11-7-8-12-23(19)27-24-13-9-10-14-26(24)32-28(25)27/h7-18,31H,1-6H3. The van der Waals surface area contributed by atoms with Gasteiger partial charge in [-0.3, -0.25) is 0 Å². The van der Waals surface area contributed by atoms with Crippen LogP contribution in [0.15, 0.2) is 72.8 Å². The van der Waals surface area contributed by atoms with Gasteiger partial charge >= 0.3 is 0 Å². The monoisotopic (exact) mass is 437 g/mol. The second-order valence-electron chi connectivity index (χ2n) is 10.9. The normalized spacial score (nSPS) is 12.7. The first-order valence-corrected chi connectivity index (χ1v) is 12.2. The fourth-order valence-electron chi connectivity index (χ4n) is 4.39. The van der Waals surface area contributed by atoms with Gasteiger partial charge in [-0.2, -0.15) is 0 Å². The van der Waals surface area contributed by atoms with E-state index in [0.29, 0.717) is 0 Å². The second-order valence-corrected chi connectivity index (χ2v) is 11.9. The zero-order chi connectivity index (χ0) is 22.7. The van der Waals surface area contributed by atoms with E-state index in [2.05, 4.69) is 120 Å². The molecule has 0 fully saturated rings. The van der Waals surface area contributed by atoms with E-state index in [1.54, 1.807) is 0 Å². The van der Waals surface area contributed by atoms with Gasteiger partial charge in [0.2, 0.25) is 0 Å². The molecule has 1 aromatic heterocycles. The molecule has 0 saturated carbocycles. The highest BCUT2D eigenvalue weighted by Gasteiger charge is 2.21. The van der Waals surface area contributed by atoms with Gasteiger partial charge < -0.3 is 5.32 Å². The highest BCUT2D eigenvalue weighted by atomic mass is 32.1. The van der Waals surface area contributed by atoms with Crippen LogP contribution in [-0.2, 0) is 10.8 Å². The average molecular weight is 438 g/mol. The maximum absolute atomic E-state index is 3.84. The summed E-state index contributed by atoms with van der Waals surface area (Å²) in [4.78, 5) is 0. The number of nitrogens with one attached hydrogen (secondary N) is 1. The summed E-state index contributed by atoms with van der Waals surface area (Å²) in [6, 6.07) is 26.8. The third kappa shape index (κ3) is 3.67. The summed E-state index contributed by atoms with van der Waals surface area (Å²) in [7, 11) is 0. The Bertz CT molecular complexity index is 1430. The predicted octanol–water partition coefficient (Wildman–Crippen LogP) is 9.55. The van der Waals surface area contributed by atoms with Gasteiger partial charge in [0.05, 0.1) is 10.4 Å². The Labute approximate surface area is 195 Å². The molecule has 0 aliphatic rings. The van der Waals surface area contributed by atoms with Crippen LogP contribution in [0.5, 0.6) is 0 Å². The molecular weight excluding hydrogens is 406 g/mol. The van der Waals surface area contributed by atoms with Crippen molar-refractivity contribution in [2.45, 2.75) is 52.4 Å². The Kier molecular flexibility index (Phi) is 4.83. The first-order valence-electron chi connectivity index (χ1n) is 11.4. The van der Waals surface area contributed by atoms with Crippen LogP contribution >= 0.6 is 11.3 Å². The maximum atomic E-state index is 3.84. The van der Waals surface area contributed by atoms with Crippen molar-refractivity contribution in [3.05, 3.63) is 83.9 Å². The number of rotatable bonds is 2. The van der Waals surface area contributed by atoms with Crippen molar-refractivity contribution in [1.82, 2.24) is 0 Å². The predicted molar refractivity (Wildman–Crippen MR) is 144 cm³/mol. The number of fused-ring (bicyclic) bond motifs is 5. The molecule has 0 bridgehead atoms. The third-order valence-corrected chi connectivity index (χ3v) is 7.52. The molecule has 0 unspecified atom stereocenters. The van der Waals surface area contributed by atoms with E-state index >= 15 is 0 Å². The molecule has 4 aromatic carbocycles. The molecule has 32 heavy (non-hydrogen) atoms. The minimum absolute atomic E-state index is 0.0913. The molecule has 0 aliphatic heterocycles. The van der Waals surface area contributed by atoms with Gasteiger partial charge in [-0.1, -0.05) is 90.1 Å². The lowest BCUT2D eigenvalue weighted by molar-refractivity contribution is 0.569.